The molecule has 2 amide bonds. The number of anilines is 3. The van der Waals surface area contributed by atoms with Crippen LogP contribution in [0.25, 0.3) is 11.0 Å². The first kappa shape index (κ1) is 35.3. The van der Waals surface area contributed by atoms with Gasteiger partial charge < -0.3 is 25.4 Å². The number of hydrogen-bond donors (Lipinski definition) is 3. The quantitative estimate of drug-likeness (QED) is 0.251. The number of aromatic nitrogens is 2. The molecular weight excluding hydrogens is 676 g/mol. The third kappa shape index (κ3) is 8.00. The molecular formula is C32H39Cl2F3N6O3S. The lowest BCUT2D eigenvalue weighted by molar-refractivity contribution is -0.182. The van der Waals surface area contributed by atoms with E-state index in [1.54, 1.807) is 25.2 Å². The summed E-state index contributed by atoms with van der Waals surface area (Å²) in [4.78, 5) is 32.9. The Morgan fingerprint density at radius 1 is 1.04 bits per heavy atom. The van der Waals surface area contributed by atoms with E-state index in [1.807, 2.05) is 36.3 Å². The van der Waals surface area contributed by atoms with E-state index in [4.69, 9.17) is 28.2 Å². The maximum absolute atomic E-state index is 13.7. The van der Waals surface area contributed by atoms with E-state index in [0.717, 1.165) is 0 Å². The number of fused-ring (bicyclic) bond motifs is 1. The van der Waals surface area contributed by atoms with E-state index in [9.17, 15) is 27.0 Å². The van der Waals surface area contributed by atoms with Gasteiger partial charge in [0.25, 0.3) is 5.91 Å². The van der Waals surface area contributed by atoms with Gasteiger partial charge in [-0.2, -0.15) is 13.2 Å². The molecule has 0 spiro atoms. The third-order valence-electron chi connectivity index (χ3n) is 8.82. The van der Waals surface area contributed by atoms with Gasteiger partial charge in [-0.1, -0.05) is 50.0 Å². The highest BCUT2D eigenvalue weighted by Crippen LogP contribution is 2.39. The number of imidazole rings is 1. The molecule has 1 aliphatic carbocycles. The van der Waals surface area contributed by atoms with Crippen molar-refractivity contribution < 1.29 is 27.0 Å². The van der Waals surface area contributed by atoms with Crippen molar-refractivity contribution in [1.29, 1.82) is 0 Å². The zero-order valence-corrected chi connectivity index (χ0v) is 29.0. The van der Waals surface area contributed by atoms with Crippen LogP contribution in [0.15, 0.2) is 24.3 Å². The Morgan fingerprint density at radius 3 is 2.32 bits per heavy atom. The summed E-state index contributed by atoms with van der Waals surface area (Å²) in [5, 5.41) is 9.74. The molecule has 1 aliphatic heterocycles. The van der Waals surface area contributed by atoms with Crippen molar-refractivity contribution in [3.8, 4) is 0 Å². The second-order valence-electron chi connectivity index (χ2n) is 13.2. The SMILES string of the molecule is Cn1c(Nc2c(Cl)ccc(CNC(=O)C(C)(C)C)c2Cl)nc2cc(C(=O)NC3CCC(C(F)(F)F)CC3)c(N3CCS(=O)CC3)cc21. The molecule has 0 unspecified atom stereocenters. The lowest BCUT2D eigenvalue weighted by Gasteiger charge is -2.32. The first-order valence-electron chi connectivity index (χ1n) is 15.5. The summed E-state index contributed by atoms with van der Waals surface area (Å²) in [6.07, 6.45) is -3.79. The van der Waals surface area contributed by atoms with Gasteiger partial charge >= 0.3 is 6.18 Å². The van der Waals surface area contributed by atoms with Crippen molar-refractivity contribution in [2.75, 3.05) is 34.8 Å². The van der Waals surface area contributed by atoms with E-state index >= 15 is 0 Å². The van der Waals surface area contributed by atoms with Crippen molar-refractivity contribution >= 4 is 74.2 Å². The minimum absolute atomic E-state index is 0.0250. The number of benzene rings is 2. The van der Waals surface area contributed by atoms with Gasteiger partial charge in [0.05, 0.1) is 43.9 Å². The molecule has 1 aromatic heterocycles. The van der Waals surface area contributed by atoms with Crippen molar-refractivity contribution in [1.82, 2.24) is 20.2 Å². The second-order valence-corrected chi connectivity index (χ2v) is 15.7. The van der Waals surface area contributed by atoms with E-state index in [1.165, 1.54) is 0 Å². The topological polar surface area (TPSA) is 108 Å². The number of nitrogens with zero attached hydrogens (tertiary/aromatic N) is 3. The number of halogens is 5. The number of hydrogen-bond acceptors (Lipinski definition) is 6. The van der Waals surface area contributed by atoms with E-state index in [0.29, 0.717) is 74.1 Å². The summed E-state index contributed by atoms with van der Waals surface area (Å²) in [7, 11) is 0.862. The lowest BCUT2D eigenvalue weighted by atomic mass is 9.85. The van der Waals surface area contributed by atoms with Gasteiger partial charge in [0.2, 0.25) is 11.9 Å². The van der Waals surface area contributed by atoms with E-state index in [2.05, 4.69) is 16.0 Å². The van der Waals surface area contributed by atoms with Crippen LogP contribution in [0, 0.1) is 11.3 Å². The fourth-order valence-corrected chi connectivity index (χ4v) is 7.47. The fourth-order valence-electron chi connectivity index (χ4n) is 5.89. The van der Waals surface area contributed by atoms with Crippen LogP contribution in [0.5, 0.6) is 0 Å². The van der Waals surface area contributed by atoms with Crippen LogP contribution in [0.2, 0.25) is 10.0 Å². The van der Waals surface area contributed by atoms with Crippen LogP contribution >= 0.6 is 23.2 Å². The van der Waals surface area contributed by atoms with Crippen LogP contribution in [0.4, 0.5) is 30.5 Å². The van der Waals surface area contributed by atoms with Crippen LogP contribution in [-0.2, 0) is 29.2 Å². The fraction of sp³-hybridized carbons (Fsp3) is 0.531. The lowest BCUT2D eigenvalue weighted by Crippen LogP contribution is -2.42. The van der Waals surface area contributed by atoms with Gasteiger partial charge in [0.1, 0.15) is 0 Å². The highest BCUT2D eigenvalue weighted by Gasteiger charge is 2.41. The number of nitrogens with one attached hydrogen (secondary N) is 3. The van der Waals surface area contributed by atoms with Crippen molar-refractivity contribution in [2.24, 2.45) is 18.4 Å². The zero-order chi connectivity index (χ0) is 34.3. The molecule has 256 valence electrons. The van der Waals surface area contributed by atoms with Crippen LogP contribution in [0.1, 0.15) is 62.4 Å². The summed E-state index contributed by atoms with van der Waals surface area (Å²) in [6, 6.07) is 6.59. The van der Waals surface area contributed by atoms with Crippen LogP contribution < -0.4 is 20.9 Å². The third-order valence-corrected chi connectivity index (χ3v) is 10.8. The monoisotopic (exact) mass is 714 g/mol. The minimum atomic E-state index is -4.23. The molecule has 2 aliphatic rings. The average molecular weight is 716 g/mol. The van der Waals surface area contributed by atoms with Crippen molar-refractivity contribution in [3.63, 3.8) is 0 Å². The van der Waals surface area contributed by atoms with Gasteiger partial charge in [-0.05, 0) is 49.4 Å². The Hall–Kier alpha value is -3.03. The Kier molecular flexibility index (Phi) is 10.4. The molecule has 2 fully saturated rings. The first-order chi connectivity index (χ1) is 22.0. The molecule has 9 nitrogen and oxygen atoms in total. The number of rotatable bonds is 7. The maximum atomic E-state index is 13.7. The predicted octanol–water partition coefficient (Wildman–Crippen LogP) is 6.71. The Morgan fingerprint density at radius 2 is 1.70 bits per heavy atom. The second kappa shape index (κ2) is 13.8. The van der Waals surface area contributed by atoms with Gasteiger partial charge in [0.15, 0.2) is 0 Å². The molecule has 0 radical (unpaired) electrons. The molecule has 15 heteroatoms. The molecule has 1 saturated carbocycles. The molecule has 0 atom stereocenters. The van der Waals surface area contributed by atoms with Crippen LogP contribution in [-0.4, -0.2) is 62.4 Å². The van der Waals surface area contributed by atoms with Gasteiger partial charge in [0, 0.05) is 60.4 Å². The number of aryl methyl sites for hydroxylation is 1. The highest BCUT2D eigenvalue weighted by molar-refractivity contribution is 7.85. The molecule has 3 N–H and O–H groups in total. The van der Waals surface area contributed by atoms with E-state index < -0.39 is 28.3 Å². The minimum Gasteiger partial charge on any atom is -0.369 e. The molecule has 3 aromatic rings. The zero-order valence-electron chi connectivity index (χ0n) is 26.7. The molecule has 0 bridgehead atoms. The molecule has 47 heavy (non-hydrogen) atoms. The number of carbonyl (C=O) groups excluding carboxylic acids is 2. The molecule has 2 aromatic carbocycles. The van der Waals surface area contributed by atoms with Crippen molar-refractivity contribution in [2.45, 2.75) is 65.2 Å². The van der Waals surface area contributed by atoms with Gasteiger partial charge in [-0.3, -0.25) is 13.8 Å². The standard InChI is InChI=1S/C32H39Cl2F3N6O3S/c1-31(2,3)29(45)38-17-18-5-10-22(33)27(26(18)34)41-30-40-23-15-21(28(44)39-20-8-6-19(7-9-20)32(35,36)37)24(16-25(23)42(30)4)43-11-13-47(46)14-12-43/h5,10,15-16,19-20H,6-9,11-14,17H2,1-4H3,(H,38,45)(H,39,44)(H,40,41). The van der Waals surface area contributed by atoms with Gasteiger partial charge in [-0.15, -0.1) is 0 Å². The molecule has 5 rings (SSSR count). The van der Waals surface area contributed by atoms with E-state index in [-0.39, 0.29) is 50.1 Å². The highest BCUT2D eigenvalue weighted by atomic mass is 35.5. The largest absolute Gasteiger partial charge is 0.391 e. The molecule has 1 saturated heterocycles. The Bertz CT molecular complexity index is 1690. The average Bonchev–Trinajstić information content (AvgIpc) is 3.31. The predicted molar refractivity (Wildman–Crippen MR) is 181 cm³/mol. The molecule has 2 heterocycles. The summed E-state index contributed by atoms with van der Waals surface area (Å²) in [6.45, 7) is 6.63. The van der Waals surface area contributed by atoms with Crippen molar-refractivity contribution in [3.05, 3.63) is 45.4 Å². The Labute approximate surface area is 284 Å². The maximum Gasteiger partial charge on any atom is 0.391 e. The van der Waals surface area contributed by atoms with Gasteiger partial charge in [-0.25, -0.2) is 4.98 Å². The normalized spacial score (nSPS) is 19.6. The number of carbonyl (C=O) groups is 2. The number of amides is 2. The summed E-state index contributed by atoms with van der Waals surface area (Å²) < 4.78 is 53.6. The smallest absolute Gasteiger partial charge is 0.369 e. The summed E-state index contributed by atoms with van der Waals surface area (Å²) in [5.41, 5.74) is 2.68. The number of alkyl halides is 3. The van der Waals surface area contributed by atoms with Crippen LogP contribution in [0.3, 0.4) is 0 Å². The Balaban J connectivity index is 1.44. The summed E-state index contributed by atoms with van der Waals surface area (Å²) in [5.74, 6) is -0.544. The first-order valence-corrected chi connectivity index (χ1v) is 17.8. The summed E-state index contributed by atoms with van der Waals surface area (Å²) >= 11 is 13.3.